The number of carbonyl (C=O) groups is 1. The topological polar surface area (TPSA) is 73.2 Å². The van der Waals surface area contributed by atoms with E-state index in [4.69, 9.17) is 4.74 Å². The van der Waals surface area contributed by atoms with Crippen molar-refractivity contribution in [1.82, 2.24) is 15.1 Å². The lowest BCUT2D eigenvalue weighted by molar-refractivity contribution is -0.123. The lowest BCUT2D eigenvalue weighted by atomic mass is 9.89. The van der Waals surface area contributed by atoms with E-state index in [2.05, 4.69) is 10.4 Å². The molecular weight excluding hydrogens is 354 g/mol. The Morgan fingerprint density at radius 3 is 2.89 bits per heavy atom. The van der Waals surface area contributed by atoms with Crippen LogP contribution in [0.1, 0.15) is 37.4 Å². The van der Waals surface area contributed by atoms with Gasteiger partial charge >= 0.3 is 0 Å². The summed E-state index contributed by atoms with van der Waals surface area (Å²) in [5, 5.41) is 8.53. The first-order chi connectivity index (χ1) is 13.3. The summed E-state index contributed by atoms with van der Waals surface area (Å²) in [6, 6.07) is 13.0. The van der Waals surface area contributed by atoms with Crippen LogP contribution >= 0.6 is 0 Å². The number of hydrogen-bond donors (Lipinski definition) is 1. The molecular formula is C22H23N3O3. The summed E-state index contributed by atoms with van der Waals surface area (Å²) in [6.07, 6.45) is 2.26. The quantitative estimate of drug-likeness (QED) is 0.761. The molecule has 0 saturated carbocycles. The van der Waals surface area contributed by atoms with Gasteiger partial charge in [0.15, 0.2) is 0 Å². The van der Waals surface area contributed by atoms with Gasteiger partial charge in [-0.15, -0.1) is 0 Å². The first-order valence-corrected chi connectivity index (χ1v) is 9.36. The first kappa shape index (κ1) is 18.2. The zero-order valence-electron chi connectivity index (χ0n) is 16.2. The summed E-state index contributed by atoms with van der Waals surface area (Å²) in [6.45, 7) is 5.90. The number of aryl methyl sites for hydroxylation is 1. The van der Waals surface area contributed by atoms with Crippen molar-refractivity contribution in [2.24, 2.45) is 0 Å². The average molecular weight is 377 g/mol. The highest BCUT2D eigenvalue weighted by Gasteiger charge is 2.34. The molecule has 2 aromatic carbocycles. The Balaban J connectivity index is 1.58. The zero-order chi connectivity index (χ0) is 19.9. The largest absolute Gasteiger partial charge is 0.487 e. The number of amides is 1. The molecule has 0 bridgehead atoms. The van der Waals surface area contributed by atoms with Crippen molar-refractivity contribution in [1.29, 1.82) is 0 Å². The van der Waals surface area contributed by atoms with Gasteiger partial charge in [0.25, 0.3) is 5.56 Å². The molecule has 4 rings (SSSR count). The van der Waals surface area contributed by atoms with Gasteiger partial charge in [0.1, 0.15) is 17.9 Å². The number of benzene rings is 2. The molecule has 1 N–H and O–H groups in total. The van der Waals surface area contributed by atoms with Crippen LogP contribution in [-0.2, 0) is 11.3 Å². The molecule has 3 aromatic rings. The molecule has 0 spiro atoms. The Morgan fingerprint density at radius 1 is 1.29 bits per heavy atom. The lowest BCUT2D eigenvalue weighted by Crippen LogP contribution is -2.43. The Morgan fingerprint density at radius 2 is 2.07 bits per heavy atom. The predicted octanol–water partition coefficient (Wildman–Crippen LogP) is 3.12. The molecule has 1 aliphatic rings. The van der Waals surface area contributed by atoms with E-state index in [0.29, 0.717) is 11.8 Å². The minimum Gasteiger partial charge on any atom is -0.487 e. The monoisotopic (exact) mass is 377 g/mol. The number of nitrogens with one attached hydrogen (secondary N) is 1. The minimum absolute atomic E-state index is 0.122. The second-order valence-corrected chi connectivity index (χ2v) is 7.92. The molecule has 0 saturated heterocycles. The van der Waals surface area contributed by atoms with Crippen LogP contribution in [0.15, 0.2) is 53.5 Å². The summed E-state index contributed by atoms with van der Waals surface area (Å²) in [7, 11) is 0. The van der Waals surface area contributed by atoms with Crippen LogP contribution in [0.25, 0.3) is 10.8 Å². The summed E-state index contributed by atoms with van der Waals surface area (Å²) in [4.78, 5) is 25.3. The maximum atomic E-state index is 12.7. The van der Waals surface area contributed by atoms with E-state index in [1.807, 2.05) is 51.1 Å². The third-order valence-electron chi connectivity index (χ3n) is 5.01. The average Bonchev–Trinajstić information content (AvgIpc) is 2.64. The van der Waals surface area contributed by atoms with E-state index in [0.717, 1.165) is 22.3 Å². The maximum Gasteiger partial charge on any atom is 0.275 e. The van der Waals surface area contributed by atoms with E-state index in [1.54, 1.807) is 18.3 Å². The molecule has 0 radical (unpaired) electrons. The van der Waals surface area contributed by atoms with Crippen molar-refractivity contribution < 1.29 is 9.53 Å². The highest BCUT2D eigenvalue weighted by atomic mass is 16.5. The molecule has 1 atom stereocenters. The molecule has 144 valence electrons. The number of ether oxygens (including phenoxy) is 1. The van der Waals surface area contributed by atoms with Gasteiger partial charge in [-0.25, -0.2) is 4.68 Å². The van der Waals surface area contributed by atoms with Crippen LogP contribution in [0.4, 0.5) is 0 Å². The summed E-state index contributed by atoms with van der Waals surface area (Å²) >= 11 is 0. The molecule has 6 nitrogen and oxygen atoms in total. The third kappa shape index (κ3) is 3.50. The molecule has 1 unspecified atom stereocenters. The fourth-order valence-corrected chi connectivity index (χ4v) is 3.72. The first-order valence-electron chi connectivity index (χ1n) is 9.36. The van der Waals surface area contributed by atoms with Crippen LogP contribution in [-0.4, -0.2) is 21.3 Å². The van der Waals surface area contributed by atoms with Gasteiger partial charge in [0, 0.05) is 17.4 Å². The number of carbonyl (C=O) groups excluding carboxylic acids is 1. The van der Waals surface area contributed by atoms with Gasteiger partial charge in [-0.3, -0.25) is 9.59 Å². The van der Waals surface area contributed by atoms with E-state index in [1.165, 1.54) is 4.68 Å². The molecule has 1 aliphatic heterocycles. The smallest absolute Gasteiger partial charge is 0.275 e. The molecule has 0 aliphatic carbocycles. The van der Waals surface area contributed by atoms with Gasteiger partial charge in [-0.05, 0) is 32.9 Å². The van der Waals surface area contributed by atoms with Crippen LogP contribution in [0.3, 0.4) is 0 Å². The summed E-state index contributed by atoms with van der Waals surface area (Å²) < 4.78 is 7.26. The van der Waals surface area contributed by atoms with Gasteiger partial charge in [0.2, 0.25) is 5.91 Å². The van der Waals surface area contributed by atoms with E-state index in [9.17, 15) is 9.59 Å². The Hall–Kier alpha value is -3.15. The van der Waals surface area contributed by atoms with Crippen molar-refractivity contribution in [2.45, 2.75) is 45.4 Å². The highest BCUT2D eigenvalue weighted by molar-refractivity contribution is 5.81. The van der Waals surface area contributed by atoms with Crippen molar-refractivity contribution >= 4 is 16.7 Å². The van der Waals surface area contributed by atoms with Gasteiger partial charge in [-0.2, -0.15) is 5.10 Å². The maximum absolute atomic E-state index is 12.7. The third-order valence-corrected chi connectivity index (χ3v) is 5.01. The summed E-state index contributed by atoms with van der Waals surface area (Å²) in [5.41, 5.74) is 1.41. The molecule has 28 heavy (non-hydrogen) atoms. The van der Waals surface area contributed by atoms with Crippen molar-refractivity contribution in [2.75, 3.05) is 0 Å². The van der Waals surface area contributed by atoms with Crippen LogP contribution in [0, 0.1) is 6.92 Å². The SMILES string of the molecule is Cc1ccc2c(c1)C(NC(=O)Cn1ncc3ccccc3c1=O)CC(C)(C)O2. The van der Waals surface area contributed by atoms with E-state index in [-0.39, 0.29) is 24.1 Å². The minimum atomic E-state index is -0.391. The van der Waals surface area contributed by atoms with Crippen molar-refractivity contribution in [3.05, 3.63) is 70.1 Å². The second kappa shape index (κ2) is 6.78. The van der Waals surface area contributed by atoms with Crippen molar-refractivity contribution in [3.63, 3.8) is 0 Å². The molecule has 6 heteroatoms. The van der Waals surface area contributed by atoms with Gasteiger partial charge in [0.05, 0.1) is 17.6 Å². The lowest BCUT2D eigenvalue weighted by Gasteiger charge is -2.38. The van der Waals surface area contributed by atoms with Gasteiger partial charge < -0.3 is 10.1 Å². The molecule has 0 fully saturated rings. The van der Waals surface area contributed by atoms with Crippen LogP contribution in [0.5, 0.6) is 5.75 Å². The predicted molar refractivity (Wildman–Crippen MR) is 107 cm³/mol. The highest BCUT2D eigenvalue weighted by Crippen LogP contribution is 2.39. The number of nitrogens with zero attached hydrogens (tertiary/aromatic N) is 2. The Bertz CT molecular complexity index is 1120. The number of rotatable bonds is 3. The summed E-state index contributed by atoms with van der Waals surface area (Å²) in [5.74, 6) is 0.535. The number of aromatic nitrogens is 2. The normalized spacial score (nSPS) is 17.6. The van der Waals surface area contributed by atoms with E-state index < -0.39 is 5.60 Å². The fraction of sp³-hybridized carbons (Fsp3) is 0.318. The fourth-order valence-electron chi connectivity index (χ4n) is 3.72. The molecule has 2 heterocycles. The van der Waals surface area contributed by atoms with Crippen LogP contribution < -0.4 is 15.6 Å². The van der Waals surface area contributed by atoms with E-state index >= 15 is 0 Å². The number of fused-ring (bicyclic) bond motifs is 2. The second-order valence-electron chi connectivity index (χ2n) is 7.92. The van der Waals surface area contributed by atoms with Crippen LogP contribution in [0.2, 0.25) is 0 Å². The Labute approximate surface area is 163 Å². The standard InChI is InChI=1S/C22H23N3O3/c1-14-8-9-19-17(10-14)18(11-22(2,3)28-19)24-20(26)13-25-21(27)16-7-5-4-6-15(16)12-23-25/h4-10,12,18H,11,13H2,1-3H3,(H,24,26). The van der Waals surface area contributed by atoms with Gasteiger partial charge in [-0.1, -0.05) is 35.9 Å². The molecule has 1 amide bonds. The molecule has 1 aromatic heterocycles. The van der Waals surface area contributed by atoms with Crippen molar-refractivity contribution in [3.8, 4) is 5.75 Å². The Kier molecular flexibility index (Phi) is 4.41. The number of hydrogen-bond acceptors (Lipinski definition) is 4. The zero-order valence-corrected chi connectivity index (χ0v) is 16.2.